The maximum absolute atomic E-state index is 3.46. The van der Waals surface area contributed by atoms with Crippen LogP contribution in [0.3, 0.4) is 0 Å². The van der Waals surface area contributed by atoms with Crippen LogP contribution in [0, 0.1) is 5.92 Å². The second-order valence-corrected chi connectivity index (χ2v) is 5.86. The zero-order valence-corrected chi connectivity index (χ0v) is 13.7. The van der Waals surface area contributed by atoms with Crippen LogP contribution in [0.1, 0.15) is 24.4 Å². The van der Waals surface area contributed by atoms with Gasteiger partial charge in [0.05, 0.1) is 0 Å². The molecule has 0 spiro atoms. The zero-order chi connectivity index (χ0) is 12.7. The molecule has 0 amide bonds. The van der Waals surface area contributed by atoms with Crippen molar-refractivity contribution in [2.45, 2.75) is 18.9 Å². The van der Waals surface area contributed by atoms with Gasteiger partial charge in [-0.2, -0.15) is 0 Å². The number of rotatable bonds is 3. The highest BCUT2D eigenvalue weighted by Gasteiger charge is 2.37. The Morgan fingerprint density at radius 1 is 1.05 bits per heavy atom. The summed E-state index contributed by atoms with van der Waals surface area (Å²) in [6, 6.07) is 9.33. The summed E-state index contributed by atoms with van der Waals surface area (Å²) in [4.78, 5) is 6.13. The van der Waals surface area contributed by atoms with E-state index in [-0.39, 0.29) is 24.8 Å². The van der Waals surface area contributed by atoms with Gasteiger partial charge in [0.2, 0.25) is 0 Å². The lowest BCUT2D eigenvalue weighted by Crippen LogP contribution is -2.45. The number of hydrogen-bond donors (Lipinski definition) is 2. The van der Waals surface area contributed by atoms with Gasteiger partial charge in [0.15, 0.2) is 0 Å². The Hall–Kier alpha value is -0.740. The number of benzene rings is 1. The lowest BCUT2D eigenvalue weighted by molar-refractivity contribution is 0.157. The first kappa shape index (κ1) is 16.6. The van der Waals surface area contributed by atoms with Crippen LogP contribution in [0.5, 0.6) is 0 Å². The minimum absolute atomic E-state index is 0. The first-order valence-electron chi connectivity index (χ1n) is 7.44. The van der Waals surface area contributed by atoms with E-state index in [2.05, 4.69) is 45.7 Å². The molecular weight excluding hydrogens is 305 g/mol. The van der Waals surface area contributed by atoms with E-state index in [0.29, 0.717) is 6.04 Å². The molecule has 2 heterocycles. The van der Waals surface area contributed by atoms with Crippen molar-refractivity contribution >= 4 is 35.7 Å². The highest BCUT2D eigenvalue weighted by atomic mass is 35.5. The topological polar surface area (TPSA) is 31.1 Å². The number of hydrogen-bond acceptors (Lipinski definition) is 2. The van der Waals surface area contributed by atoms with Crippen LogP contribution in [0.15, 0.2) is 30.5 Å². The van der Waals surface area contributed by atoms with Crippen LogP contribution in [0.4, 0.5) is 0 Å². The van der Waals surface area contributed by atoms with Gasteiger partial charge >= 0.3 is 0 Å². The van der Waals surface area contributed by atoms with E-state index in [0.717, 1.165) is 19.0 Å². The Bertz CT molecular complexity index is 574. The fourth-order valence-electron chi connectivity index (χ4n) is 3.46. The van der Waals surface area contributed by atoms with Crippen molar-refractivity contribution in [2.75, 3.05) is 26.2 Å². The molecule has 1 aromatic carbocycles. The monoisotopic (exact) mass is 327 g/mol. The Balaban J connectivity index is 0.000000807. The molecule has 1 aromatic heterocycles. The smallest absolute Gasteiger partial charge is 0.0457 e. The average Bonchev–Trinajstić information content (AvgIpc) is 3.21. The molecule has 1 atom stereocenters. The SMILES string of the molecule is Cl.Cl.c1ccc2c([C@H](C3CC3)N3CCNCC3)c[nH]c2c1. The van der Waals surface area contributed by atoms with Crippen molar-refractivity contribution in [3.63, 3.8) is 0 Å². The predicted octanol–water partition coefficient (Wildman–Crippen LogP) is 3.37. The summed E-state index contributed by atoms with van der Waals surface area (Å²) in [5, 5.41) is 4.88. The summed E-state index contributed by atoms with van der Waals surface area (Å²) in [6.07, 6.45) is 5.04. The van der Waals surface area contributed by atoms with Gasteiger partial charge in [-0.1, -0.05) is 18.2 Å². The molecule has 21 heavy (non-hydrogen) atoms. The van der Waals surface area contributed by atoms with Gasteiger partial charge in [-0.3, -0.25) is 4.90 Å². The van der Waals surface area contributed by atoms with Crippen LogP contribution >= 0.6 is 24.8 Å². The molecule has 2 aliphatic rings. The molecule has 4 rings (SSSR count). The minimum atomic E-state index is 0. The predicted molar refractivity (Wildman–Crippen MR) is 92.7 cm³/mol. The van der Waals surface area contributed by atoms with Crippen molar-refractivity contribution in [1.82, 2.24) is 15.2 Å². The molecule has 5 heteroatoms. The molecule has 1 saturated heterocycles. The number of nitrogens with zero attached hydrogens (tertiary/aromatic N) is 1. The number of aromatic nitrogens is 1. The summed E-state index contributed by atoms with van der Waals surface area (Å²) in [5.74, 6) is 0.873. The summed E-state index contributed by atoms with van der Waals surface area (Å²) in [5.41, 5.74) is 2.79. The third kappa shape index (κ3) is 3.21. The number of fused-ring (bicyclic) bond motifs is 1. The quantitative estimate of drug-likeness (QED) is 0.905. The van der Waals surface area contributed by atoms with Crippen molar-refractivity contribution in [2.24, 2.45) is 5.92 Å². The average molecular weight is 328 g/mol. The van der Waals surface area contributed by atoms with Crippen LogP contribution in [-0.4, -0.2) is 36.1 Å². The molecule has 2 N–H and O–H groups in total. The zero-order valence-electron chi connectivity index (χ0n) is 12.0. The Morgan fingerprint density at radius 3 is 2.48 bits per heavy atom. The third-order valence-corrected chi connectivity index (χ3v) is 4.55. The number of aromatic amines is 1. The maximum atomic E-state index is 3.46. The van der Waals surface area contributed by atoms with Gasteiger partial charge in [0, 0.05) is 49.3 Å². The third-order valence-electron chi connectivity index (χ3n) is 4.55. The molecule has 0 radical (unpaired) electrons. The Labute approximate surface area is 138 Å². The van der Waals surface area contributed by atoms with E-state index in [1.165, 1.54) is 42.4 Å². The number of halogens is 2. The van der Waals surface area contributed by atoms with E-state index in [1.54, 1.807) is 0 Å². The molecule has 0 unspecified atom stereocenters. The van der Waals surface area contributed by atoms with E-state index < -0.39 is 0 Å². The first-order valence-corrected chi connectivity index (χ1v) is 7.44. The Morgan fingerprint density at radius 2 is 1.76 bits per heavy atom. The standard InChI is InChI=1S/C16H21N3.2ClH/c1-2-4-15-13(3-1)14(11-18-15)16(12-5-6-12)19-9-7-17-8-10-19;;/h1-4,11-12,16-18H,5-10H2;2*1H/t16-;;/m0../s1. The molecule has 2 fully saturated rings. The van der Waals surface area contributed by atoms with Gasteiger partial charge in [-0.05, 0) is 30.4 Å². The van der Waals surface area contributed by atoms with Gasteiger partial charge in [-0.15, -0.1) is 24.8 Å². The van der Waals surface area contributed by atoms with E-state index in [4.69, 9.17) is 0 Å². The number of piperazine rings is 1. The minimum Gasteiger partial charge on any atom is -0.361 e. The Kier molecular flexibility index (Phi) is 5.55. The molecule has 0 bridgehead atoms. The maximum Gasteiger partial charge on any atom is 0.0457 e. The van der Waals surface area contributed by atoms with Gasteiger partial charge in [-0.25, -0.2) is 0 Å². The van der Waals surface area contributed by atoms with Crippen molar-refractivity contribution in [1.29, 1.82) is 0 Å². The van der Waals surface area contributed by atoms with E-state index in [9.17, 15) is 0 Å². The fraction of sp³-hybridized carbons (Fsp3) is 0.500. The van der Waals surface area contributed by atoms with Crippen LogP contribution < -0.4 is 5.32 Å². The highest BCUT2D eigenvalue weighted by Crippen LogP contribution is 2.46. The highest BCUT2D eigenvalue weighted by molar-refractivity contribution is 5.85. The molecule has 1 saturated carbocycles. The number of H-pyrrole nitrogens is 1. The molecule has 3 nitrogen and oxygen atoms in total. The normalized spacial score (nSPS) is 20.6. The molecule has 2 aromatic rings. The van der Waals surface area contributed by atoms with Gasteiger partial charge in [0.25, 0.3) is 0 Å². The lowest BCUT2D eigenvalue weighted by atomic mass is 9.99. The second-order valence-electron chi connectivity index (χ2n) is 5.86. The van der Waals surface area contributed by atoms with Crippen LogP contribution in [0.2, 0.25) is 0 Å². The number of para-hydroxylation sites is 1. The van der Waals surface area contributed by atoms with Crippen LogP contribution in [0.25, 0.3) is 10.9 Å². The molecule has 1 aliphatic carbocycles. The summed E-state index contributed by atoms with van der Waals surface area (Å²) in [7, 11) is 0. The van der Waals surface area contributed by atoms with Gasteiger partial charge < -0.3 is 10.3 Å². The van der Waals surface area contributed by atoms with Crippen molar-refractivity contribution < 1.29 is 0 Å². The summed E-state index contributed by atoms with van der Waals surface area (Å²) >= 11 is 0. The van der Waals surface area contributed by atoms with Crippen molar-refractivity contribution in [3.8, 4) is 0 Å². The van der Waals surface area contributed by atoms with Gasteiger partial charge in [0.1, 0.15) is 0 Å². The van der Waals surface area contributed by atoms with Crippen molar-refractivity contribution in [3.05, 3.63) is 36.0 Å². The second kappa shape index (κ2) is 7.01. The molecule has 116 valence electrons. The van der Waals surface area contributed by atoms with E-state index >= 15 is 0 Å². The molecular formula is C16H23Cl2N3. The summed E-state index contributed by atoms with van der Waals surface area (Å²) in [6.45, 7) is 4.62. The summed E-state index contributed by atoms with van der Waals surface area (Å²) < 4.78 is 0. The number of nitrogens with one attached hydrogen (secondary N) is 2. The lowest BCUT2D eigenvalue weighted by Gasteiger charge is -2.35. The van der Waals surface area contributed by atoms with E-state index in [1.807, 2.05) is 0 Å². The van der Waals surface area contributed by atoms with Crippen LogP contribution in [-0.2, 0) is 0 Å². The fourth-order valence-corrected chi connectivity index (χ4v) is 3.46. The first-order chi connectivity index (χ1) is 9.43. The molecule has 1 aliphatic heterocycles. The largest absolute Gasteiger partial charge is 0.361 e.